The monoisotopic (exact) mass is 170 g/mol. The first kappa shape index (κ1) is 9.19. The third-order valence-corrected chi connectivity index (χ3v) is 1.97. The Kier molecular flexibility index (Phi) is 3.22. The normalized spacial score (nSPS) is 23.2. The van der Waals surface area contributed by atoms with E-state index in [0.29, 0.717) is 6.54 Å². The van der Waals surface area contributed by atoms with Crippen molar-refractivity contribution >= 4 is 11.8 Å². The summed E-state index contributed by atoms with van der Waals surface area (Å²) in [6.07, 6.45) is 1.89. The van der Waals surface area contributed by atoms with Gasteiger partial charge in [0, 0.05) is 13.5 Å². The molecule has 0 spiro atoms. The molecule has 0 aromatic carbocycles. The number of hydrogen-bond acceptors (Lipinski definition) is 3. The SMILES string of the molecule is CC(=O)NC(=O)C1CCCNC1. The molecule has 0 bridgehead atoms. The van der Waals surface area contributed by atoms with Crippen molar-refractivity contribution in [2.45, 2.75) is 19.8 Å². The van der Waals surface area contributed by atoms with Gasteiger partial charge in [-0.05, 0) is 19.4 Å². The Bertz CT molecular complexity index is 185. The van der Waals surface area contributed by atoms with Gasteiger partial charge in [0.15, 0.2) is 0 Å². The molecule has 0 radical (unpaired) electrons. The number of imide groups is 1. The van der Waals surface area contributed by atoms with E-state index in [2.05, 4.69) is 10.6 Å². The maximum atomic E-state index is 11.2. The number of hydrogen-bond donors (Lipinski definition) is 2. The first-order valence-electron chi connectivity index (χ1n) is 4.22. The Morgan fingerprint density at radius 3 is 2.75 bits per heavy atom. The predicted octanol–water partition coefficient (Wildman–Crippen LogP) is -0.351. The van der Waals surface area contributed by atoms with Crippen LogP contribution in [0.15, 0.2) is 0 Å². The van der Waals surface area contributed by atoms with Crippen LogP contribution in [-0.2, 0) is 9.59 Å². The van der Waals surface area contributed by atoms with E-state index in [1.54, 1.807) is 0 Å². The maximum absolute atomic E-state index is 11.2. The van der Waals surface area contributed by atoms with E-state index in [9.17, 15) is 9.59 Å². The Balaban J connectivity index is 2.34. The topological polar surface area (TPSA) is 58.2 Å². The lowest BCUT2D eigenvalue weighted by molar-refractivity contribution is -0.132. The van der Waals surface area contributed by atoms with E-state index in [-0.39, 0.29) is 17.7 Å². The molecule has 1 atom stereocenters. The summed E-state index contributed by atoms with van der Waals surface area (Å²) in [5.41, 5.74) is 0. The van der Waals surface area contributed by atoms with Crippen LogP contribution in [0.3, 0.4) is 0 Å². The summed E-state index contributed by atoms with van der Waals surface area (Å²) in [6, 6.07) is 0. The molecule has 1 fully saturated rings. The standard InChI is InChI=1S/C8H14N2O2/c1-6(11)10-8(12)7-3-2-4-9-5-7/h7,9H,2-5H2,1H3,(H,10,11,12). The van der Waals surface area contributed by atoms with E-state index < -0.39 is 0 Å². The average Bonchev–Trinajstić information content (AvgIpc) is 2.05. The van der Waals surface area contributed by atoms with Gasteiger partial charge in [-0.1, -0.05) is 0 Å². The fraction of sp³-hybridized carbons (Fsp3) is 0.750. The Morgan fingerprint density at radius 2 is 2.25 bits per heavy atom. The van der Waals surface area contributed by atoms with Gasteiger partial charge in [-0.3, -0.25) is 14.9 Å². The maximum Gasteiger partial charge on any atom is 0.230 e. The van der Waals surface area contributed by atoms with Gasteiger partial charge in [0.2, 0.25) is 11.8 Å². The molecule has 0 aromatic rings. The predicted molar refractivity (Wildman–Crippen MR) is 44.4 cm³/mol. The average molecular weight is 170 g/mol. The number of carbonyl (C=O) groups excluding carboxylic acids is 2. The van der Waals surface area contributed by atoms with Crippen LogP contribution in [0.1, 0.15) is 19.8 Å². The second kappa shape index (κ2) is 4.21. The molecule has 2 N–H and O–H groups in total. The van der Waals surface area contributed by atoms with Gasteiger partial charge in [0.1, 0.15) is 0 Å². The number of rotatable bonds is 1. The first-order valence-corrected chi connectivity index (χ1v) is 4.22. The molecule has 68 valence electrons. The molecule has 4 nitrogen and oxygen atoms in total. The van der Waals surface area contributed by atoms with Crippen LogP contribution >= 0.6 is 0 Å². The summed E-state index contributed by atoms with van der Waals surface area (Å²) in [5.74, 6) is -0.442. The van der Waals surface area contributed by atoms with Gasteiger partial charge >= 0.3 is 0 Å². The molecule has 2 amide bonds. The van der Waals surface area contributed by atoms with Crippen molar-refractivity contribution < 1.29 is 9.59 Å². The highest BCUT2D eigenvalue weighted by atomic mass is 16.2. The molecule has 12 heavy (non-hydrogen) atoms. The molecule has 1 aliphatic rings. The van der Waals surface area contributed by atoms with Crippen molar-refractivity contribution in [3.05, 3.63) is 0 Å². The Labute approximate surface area is 71.7 Å². The molecule has 0 aliphatic carbocycles. The van der Waals surface area contributed by atoms with Gasteiger partial charge in [-0.2, -0.15) is 0 Å². The van der Waals surface area contributed by atoms with Crippen LogP contribution in [0, 0.1) is 5.92 Å². The van der Waals surface area contributed by atoms with E-state index in [4.69, 9.17) is 0 Å². The molecule has 1 aliphatic heterocycles. The summed E-state index contributed by atoms with van der Waals surface area (Å²) in [7, 11) is 0. The van der Waals surface area contributed by atoms with Crippen LogP contribution in [0.25, 0.3) is 0 Å². The number of nitrogens with one attached hydrogen (secondary N) is 2. The molecular formula is C8H14N2O2. The number of piperidine rings is 1. The summed E-state index contributed by atoms with van der Waals surface area (Å²) >= 11 is 0. The lowest BCUT2D eigenvalue weighted by Crippen LogP contribution is -2.42. The van der Waals surface area contributed by atoms with E-state index in [0.717, 1.165) is 19.4 Å². The summed E-state index contributed by atoms with van der Waals surface area (Å²) in [5, 5.41) is 5.41. The minimum absolute atomic E-state index is 0.0253. The van der Waals surface area contributed by atoms with Gasteiger partial charge in [-0.25, -0.2) is 0 Å². The largest absolute Gasteiger partial charge is 0.316 e. The Hall–Kier alpha value is -0.900. The van der Waals surface area contributed by atoms with Gasteiger partial charge in [-0.15, -0.1) is 0 Å². The molecule has 1 rings (SSSR count). The van der Waals surface area contributed by atoms with E-state index >= 15 is 0 Å². The molecule has 0 saturated carbocycles. The van der Waals surface area contributed by atoms with Gasteiger partial charge < -0.3 is 5.32 Å². The first-order chi connectivity index (χ1) is 5.70. The fourth-order valence-electron chi connectivity index (χ4n) is 1.35. The van der Waals surface area contributed by atoms with Gasteiger partial charge in [0.05, 0.1) is 5.92 Å². The lowest BCUT2D eigenvalue weighted by atomic mass is 9.99. The molecule has 1 saturated heterocycles. The van der Waals surface area contributed by atoms with Crippen molar-refractivity contribution in [3.8, 4) is 0 Å². The van der Waals surface area contributed by atoms with Crippen molar-refractivity contribution in [2.24, 2.45) is 5.92 Å². The molecular weight excluding hydrogens is 156 g/mol. The highest BCUT2D eigenvalue weighted by molar-refractivity contribution is 5.95. The second-order valence-corrected chi connectivity index (χ2v) is 3.09. The zero-order valence-corrected chi connectivity index (χ0v) is 7.22. The minimum atomic E-state index is -0.273. The minimum Gasteiger partial charge on any atom is -0.316 e. The smallest absolute Gasteiger partial charge is 0.230 e. The van der Waals surface area contributed by atoms with E-state index in [1.807, 2.05) is 0 Å². The van der Waals surface area contributed by atoms with Crippen LogP contribution in [0.4, 0.5) is 0 Å². The van der Waals surface area contributed by atoms with E-state index in [1.165, 1.54) is 6.92 Å². The fourth-order valence-corrected chi connectivity index (χ4v) is 1.35. The quantitative estimate of drug-likeness (QED) is 0.565. The van der Waals surface area contributed by atoms with Crippen molar-refractivity contribution in [3.63, 3.8) is 0 Å². The van der Waals surface area contributed by atoms with Gasteiger partial charge in [0.25, 0.3) is 0 Å². The molecule has 4 heteroatoms. The van der Waals surface area contributed by atoms with Crippen LogP contribution in [0.2, 0.25) is 0 Å². The van der Waals surface area contributed by atoms with Crippen molar-refractivity contribution in [1.82, 2.24) is 10.6 Å². The van der Waals surface area contributed by atoms with Crippen LogP contribution in [0.5, 0.6) is 0 Å². The number of carbonyl (C=O) groups is 2. The third-order valence-electron chi connectivity index (χ3n) is 1.97. The summed E-state index contributed by atoms with van der Waals surface area (Å²) in [6.45, 7) is 3.02. The number of amides is 2. The van der Waals surface area contributed by atoms with Crippen molar-refractivity contribution in [1.29, 1.82) is 0 Å². The van der Waals surface area contributed by atoms with Crippen molar-refractivity contribution in [2.75, 3.05) is 13.1 Å². The third kappa shape index (κ3) is 2.62. The molecule has 0 aromatic heterocycles. The zero-order valence-electron chi connectivity index (χ0n) is 7.22. The Morgan fingerprint density at radius 1 is 1.50 bits per heavy atom. The van der Waals surface area contributed by atoms with Crippen LogP contribution in [-0.4, -0.2) is 24.9 Å². The second-order valence-electron chi connectivity index (χ2n) is 3.09. The lowest BCUT2D eigenvalue weighted by Gasteiger charge is -2.20. The zero-order chi connectivity index (χ0) is 8.97. The molecule has 1 heterocycles. The highest BCUT2D eigenvalue weighted by Crippen LogP contribution is 2.09. The molecule has 1 unspecified atom stereocenters. The van der Waals surface area contributed by atoms with Crippen LogP contribution < -0.4 is 10.6 Å². The summed E-state index contributed by atoms with van der Waals surface area (Å²) < 4.78 is 0. The highest BCUT2D eigenvalue weighted by Gasteiger charge is 2.20. The summed E-state index contributed by atoms with van der Waals surface area (Å²) in [4.78, 5) is 21.8.